The molecule has 0 saturated heterocycles. The van der Waals surface area contributed by atoms with Crippen molar-refractivity contribution in [1.29, 1.82) is 0 Å². The van der Waals surface area contributed by atoms with Crippen LogP contribution in [0.5, 0.6) is 0 Å². The Morgan fingerprint density at radius 2 is 1.58 bits per heavy atom. The summed E-state index contributed by atoms with van der Waals surface area (Å²) in [7, 11) is -7.27. The van der Waals surface area contributed by atoms with Gasteiger partial charge in [0.1, 0.15) is 0 Å². The Hall–Kier alpha value is -1.90. The number of hydrogen-bond acceptors (Lipinski definition) is 4. The maximum absolute atomic E-state index is 12.5. The third-order valence-corrected chi connectivity index (χ3v) is 7.13. The number of fused-ring (bicyclic) bond motifs is 1. The molecule has 0 radical (unpaired) electrons. The summed E-state index contributed by atoms with van der Waals surface area (Å²) in [6, 6.07) is 15.2. The lowest BCUT2D eigenvalue weighted by molar-refractivity contribution is 0.580. The van der Waals surface area contributed by atoms with E-state index in [9.17, 15) is 16.8 Å². The predicted molar refractivity (Wildman–Crippen MR) is 92.9 cm³/mol. The molecule has 24 heavy (non-hydrogen) atoms. The third-order valence-electron chi connectivity index (χ3n) is 3.89. The van der Waals surface area contributed by atoms with E-state index >= 15 is 0 Å². The Balaban J connectivity index is 1.67. The maximum atomic E-state index is 12.5. The Morgan fingerprint density at radius 1 is 0.917 bits per heavy atom. The molecule has 0 fully saturated rings. The van der Waals surface area contributed by atoms with Gasteiger partial charge in [-0.2, -0.15) is 0 Å². The third kappa shape index (κ3) is 3.45. The van der Waals surface area contributed by atoms with E-state index in [0.717, 1.165) is 5.56 Å². The molecule has 0 amide bonds. The maximum Gasteiger partial charge on any atom is 0.240 e. The molecule has 0 atom stereocenters. The fourth-order valence-electron chi connectivity index (χ4n) is 2.70. The van der Waals surface area contributed by atoms with Crippen LogP contribution in [0.2, 0.25) is 0 Å². The SMILES string of the molecule is O=S(=O)(NCCS(=O)(=O)N1CCc2ccccc21)c1ccccc1. The van der Waals surface area contributed by atoms with Crippen molar-refractivity contribution in [3.63, 3.8) is 0 Å². The van der Waals surface area contributed by atoms with Crippen LogP contribution in [0.4, 0.5) is 5.69 Å². The van der Waals surface area contributed by atoms with Gasteiger partial charge in [0.05, 0.1) is 16.3 Å². The molecule has 128 valence electrons. The summed E-state index contributed by atoms with van der Waals surface area (Å²) in [4.78, 5) is 0.119. The van der Waals surface area contributed by atoms with E-state index in [1.165, 1.54) is 16.4 Å². The molecule has 3 rings (SSSR count). The molecule has 1 aliphatic rings. The van der Waals surface area contributed by atoms with Gasteiger partial charge in [-0.25, -0.2) is 21.6 Å². The monoisotopic (exact) mass is 366 g/mol. The van der Waals surface area contributed by atoms with Gasteiger partial charge in [0, 0.05) is 13.1 Å². The van der Waals surface area contributed by atoms with Crippen LogP contribution >= 0.6 is 0 Å². The van der Waals surface area contributed by atoms with E-state index in [-0.39, 0.29) is 17.2 Å². The van der Waals surface area contributed by atoms with Gasteiger partial charge in [0.2, 0.25) is 20.0 Å². The van der Waals surface area contributed by atoms with Gasteiger partial charge in [-0.15, -0.1) is 0 Å². The Labute approximate surface area is 142 Å². The predicted octanol–water partition coefficient (Wildman–Crippen LogP) is 1.36. The van der Waals surface area contributed by atoms with Gasteiger partial charge in [0.25, 0.3) is 0 Å². The zero-order chi connectivity index (χ0) is 17.2. The fourth-order valence-corrected chi connectivity index (χ4v) is 5.30. The summed E-state index contributed by atoms with van der Waals surface area (Å²) in [6.07, 6.45) is 0.672. The second kappa shape index (κ2) is 6.54. The van der Waals surface area contributed by atoms with Crippen molar-refractivity contribution in [2.24, 2.45) is 0 Å². The Morgan fingerprint density at radius 3 is 2.33 bits per heavy atom. The van der Waals surface area contributed by atoms with E-state index in [2.05, 4.69) is 4.72 Å². The molecular weight excluding hydrogens is 348 g/mol. The molecule has 1 heterocycles. The van der Waals surface area contributed by atoms with Crippen molar-refractivity contribution in [3.8, 4) is 0 Å². The van der Waals surface area contributed by atoms with Crippen LogP contribution in [0.1, 0.15) is 5.56 Å². The van der Waals surface area contributed by atoms with E-state index in [1.54, 1.807) is 30.3 Å². The Kier molecular flexibility index (Phi) is 4.62. The highest BCUT2D eigenvalue weighted by Gasteiger charge is 2.29. The topological polar surface area (TPSA) is 83.5 Å². The minimum atomic E-state index is -3.70. The minimum absolute atomic E-state index is 0.119. The molecule has 1 N–H and O–H groups in total. The van der Waals surface area contributed by atoms with Crippen LogP contribution in [0.15, 0.2) is 59.5 Å². The minimum Gasteiger partial charge on any atom is -0.270 e. The van der Waals surface area contributed by atoms with Gasteiger partial charge in [-0.3, -0.25) is 4.31 Å². The zero-order valence-electron chi connectivity index (χ0n) is 12.9. The van der Waals surface area contributed by atoms with Crippen molar-refractivity contribution in [3.05, 3.63) is 60.2 Å². The first-order valence-electron chi connectivity index (χ1n) is 7.53. The largest absolute Gasteiger partial charge is 0.270 e. The number of sulfonamides is 2. The zero-order valence-corrected chi connectivity index (χ0v) is 14.6. The molecule has 0 unspecified atom stereocenters. The molecule has 0 saturated carbocycles. The molecule has 2 aromatic rings. The second-order valence-electron chi connectivity index (χ2n) is 5.48. The normalized spacial score (nSPS) is 14.6. The highest BCUT2D eigenvalue weighted by atomic mass is 32.2. The molecule has 0 bridgehead atoms. The number of anilines is 1. The number of para-hydroxylation sites is 1. The van der Waals surface area contributed by atoms with Gasteiger partial charge in [-0.05, 0) is 30.2 Å². The highest BCUT2D eigenvalue weighted by molar-refractivity contribution is 7.93. The van der Waals surface area contributed by atoms with E-state index in [4.69, 9.17) is 0 Å². The van der Waals surface area contributed by atoms with Gasteiger partial charge in [0.15, 0.2) is 0 Å². The van der Waals surface area contributed by atoms with Crippen molar-refractivity contribution < 1.29 is 16.8 Å². The summed E-state index contributed by atoms with van der Waals surface area (Å²) < 4.78 is 53.0. The number of nitrogens with one attached hydrogen (secondary N) is 1. The lowest BCUT2D eigenvalue weighted by Crippen LogP contribution is -2.36. The van der Waals surface area contributed by atoms with Crippen LogP contribution < -0.4 is 9.03 Å². The van der Waals surface area contributed by atoms with E-state index in [1.807, 2.05) is 12.1 Å². The van der Waals surface area contributed by atoms with Crippen LogP contribution in [-0.4, -0.2) is 35.7 Å². The highest BCUT2D eigenvalue weighted by Crippen LogP contribution is 2.29. The quantitative estimate of drug-likeness (QED) is 0.837. The van der Waals surface area contributed by atoms with E-state index in [0.29, 0.717) is 18.7 Å². The molecule has 0 aromatic heterocycles. The van der Waals surface area contributed by atoms with E-state index < -0.39 is 20.0 Å². The van der Waals surface area contributed by atoms with Crippen LogP contribution in [-0.2, 0) is 26.5 Å². The first kappa shape index (κ1) is 16.9. The summed E-state index contributed by atoms with van der Waals surface area (Å²) in [6.45, 7) is 0.228. The molecule has 0 aliphatic carbocycles. The first-order chi connectivity index (χ1) is 11.4. The van der Waals surface area contributed by atoms with Gasteiger partial charge in [-0.1, -0.05) is 36.4 Å². The number of benzene rings is 2. The molecule has 6 nitrogen and oxygen atoms in total. The molecule has 8 heteroatoms. The lowest BCUT2D eigenvalue weighted by atomic mass is 10.2. The van der Waals surface area contributed by atoms with Crippen LogP contribution in [0.3, 0.4) is 0 Å². The summed E-state index contributed by atoms with van der Waals surface area (Å²) in [5.41, 5.74) is 1.68. The van der Waals surface area contributed by atoms with Crippen molar-refractivity contribution in [2.75, 3.05) is 23.1 Å². The van der Waals surface area contributed by atoms with Crippen LogP contribution in [0.25, 0.3) is 0 Å². The molecule has 2 aromatic carbocycles. The summed E-state index contributed by atoms with van der Waals surface area (Å²) in [5, 5.41) is 0. The first-order valence-corrected chi connectivity index (χ1v) is 10.6. The van der Waals surface area contributed by atoms with Crippen molar-refractivity contribution in [2.45, 2.75) is 11.3 Å². The van der Waals surface area contributed by atoms with Crippen LogP contribution in [0, 0.1) is 0 Å². The number of nitrogens with zero attached hydrogens (tertiary/aromatic N) is 1. The van der Waals surface area contributed by atoms with Gasteiger partial charge < -0.3 is 0 Å². The smallest absolute Gasteiger partial charge is 0.240 e. The number of rotatable bonds is 6. The summed E-state index contributed by atoms with van der Waals surface area (Å²) >= 11 is 0. The van der Waals surface area contributed by atoms with Gasteiger partial charge >= 0.3 is 0 Å². The van der Waals surface area contributed by atoms with Crippen molar-refractivity contribution in [1.82, 2.24) is 4.72 Å². The molecular formula is C16H18N2O4S2. The Bertz CT molecular complexity index is 926. The lowest BCUT2D eigenvalue weighted by Gasteiger charge is -2.19. The second-order valence-corrected chi connectivity index (χ2v) is 9.26. The standard InChI is InChI=1S/C16H18N2O4S2/c19-23(20,18-12-10-14-6-4-5-9-16(14)18)13-11-17-24(21,22)15-7-2-1-3-8-15/h1-9,17H,10-13H2. The average Bonchev–Trinajstić information content (AvgIpc) is 3.00. The average molecular weight is 366 g/mol. The molecule has 0 spiro atoms. The van der Waals surface area contributed by atoms with Crippen molar-refractivity contribution >= 4 is 25.7 Å². The fraction of sp³-hybridized carbons (Fsp3) is 0.250. The number of hydrogen-bond donors (Lipinski definition) is 1. The molecule has 1 aliphatic heterocycles. The summed E-state index contributed by atoms with van der Waals surface area (Å²) in [5.74, 6) is -0.284.